The van der Waals surface area contributed by atoms with Crippen LogP contribution in [0.2, 0.25) is 0 Å². The Morgan fingerprint density at radius 2 is 1.40 bits per heavy atom. The molecule has 0 saturated carbocycles. The van der Waals surface area contributed by atoms with Crippen LogP contribution in [0.15, 0.2) is 46.4 Å². The molecule has 0 radical (unpaired) electrons. The lowest BCUT2D eigenvalue weighted by molar-refractivity contribution is -0.134. The lowest BCUT2D eigenvalue weighted by Crippen LogP contribution is -2.52. The number of furan rings is 1. The summed E-state index contributed by atoms with van der Waals surface area (Å²) in [7, 11) is 2.67. The van der Waals surface area contributed by atoms with E-state index in [-0.39, 0.29) is 5.57 Å². The predicted octanol–water partition coefficient (Wildman–Crippen LogP) is 3.73. The second-order valence-electron chi connectivity index (χ2n) is 6.91. The van der Waals surface area contributed by atoms with Gasteiger partial charge in [-0.2, -0.15) is 0 Å². The zero-order valence-electron chi connectivity index (χ0n) is 17.6. The highest BCUT2D eigenvalue weighted by Crippen LogP contribution is 2.21. The van der Waals surface area contributed by atoms with Gasteiger partial charge in [0.25, 0.3) is 11.8 Å². The molecule has 1 saturated heterocycles. The normalized spacial score (nSPS) is 14.8. The molecule has 1 fully saturated rings. The lowest BCUT2D eigenvalue weighted by Gasteiger charge is -2.28. The second-order valence-corrected chi connectivity index (χ2v) is 6.91. The van der Waals surface area contributed by atoms with Crippen LogP contribution in [0.4, 0.5) is 10.5 Å². The van der Waals surface area contributed by atoms with Crippen LogP contribution in [0.1, 0.15) is 30.9 Å². The summed E-state index contributed by atoms with van der Waals surface area (Å²) in [5.74, 6) is -0.350. The average molecular weight is 407 g/mol. The molecule has 3 rings (SSSR count). The Balaban J connectivity index is 1.75. The summed E-state index contributed by atoms with van der Waals surface area (Å²) in [6.45, 7) is 6.18. The van der Waals surface area contributed by atoms with Crippen molar-refractivity contribution in [1.82, 2.24) is 9.80 Å². The summed E-state index contributed by atoms with van der Waals surface area (Å²) in [6.07, 6.45) is 5.11. The van der Waals surface area contributed by atoms with Gasteiger partial charge in [-0.15, -0.1) is 0 Å². The van der Waals surface area contributed by atoms with Gasteiger partial charge in [-0.1, -0.05) is 18.2 Å². The largest absolute Gasteiger partial charge is 0.457 e. The third-order valence-electron chi connectivity index (χ3n) is 5.04. The maximum absolute atomic E-state index is 12.3. The highest BCUT2D eigenvalue weighted by Gasteiger charge is 2.37. The van der Waals surface area contributed by atoms with Crippen molar-refractivity contribution in [1.29, 1.82) is 0 Å². The minimum absolute atomic E-state index is 0.114. The predicted molar refractivity (Wildman–Crippen MR) is 117 cm³/mol. The summed E-state index contributed by atoms with van der Waals surface area (Å²) in [5.41, 5.74) is 2.09. The molecule has 1 aromatic carbocycles. The van der Waals surface area contributed by atoms with E-state index in [1.807, 2.05) is 24.3 Å². The summed E-state index contributed by atoms with van der Waals surface area (Å²) in [4.78, 5) is 40.4. The van der Waals surface area contributed by atoms with Gasteiger partial charge in [0.05, 0.1) is 0 Å². The lowest BCUT2D eigenvalue weighted by atomic mass is 10.1. The number of rotatable bonds is 6. The Morgan fingerprint density at radius 1 is 0.833 bits per heavy atom. The summed E-state index contributed by atoms with van der Waals surface area (Å²) >= 11 is 0. The van der Waals surface area contributed by atoms with Crippen molar-refractivity contribution < 1.29 is 18.8 Å². The van der Waals surface area contributed by atoms with E-state index in [1.54, 1.807) is 12.1 Å². The topological polar surface area (TPSA) is 74.1 Å². The first-order valence-electron chi connectivity index (χ1n) is 9.80. The van der Waals surface area contributed by atoms with E-state index in [9.17, 15) is 14.4 Å². The zero-order chi connectivity index (χ0) is 21.8. The number of hydrogen-bond acceptors (Lipinski definition) is 5. The fourth-order valence-electron chi connectivity index (χ4n) is 3.22. The molecular weight excluding hydrogens is 382 g/mol. The molecule has 156 valence electrons. The van der Waals surface area contributed by atoms with Crippen LogP contribution < -0.4 is 4.90 Å². The average Bonchev–Trinajstić information content (AvgIpc) is 3.22. The highest BCUT2D eigenvalue weighted by molar-refractivity contribution is 6.30. The van der Waals surface area contributed by atoms with E-state index in [2.05, 4.69) is 30.9 Å². The number of amides is 4. The zero-order valence-corrected chi connectivity index (χ0v) is 17.6. The van der Waals surface area contributed by atoms with Gasteiger partial charge in [0.15, 0.2) is 0 Å². The number of barbiturate groups is 1. The molecule has 1 aliphatic rings. The number of imide groups is 2. The van der Waals surface area contributed by atoms with Crippen LogP contribution in [0.5, 0.6) is 0 Å². The molecule has 0 N–H and O–H groups in total. The smallest absolute Gasteiger partial charge is 0.333 e. The van der Waals surface area contributed by atoms with Crippen molar-refractivity contribution in [3.8, 4) is 0 Å². The molecule has 0 unspecified atom stereocenters. The van der Waals surface area contributed by atoms with Gasteiger partial charge in [0.2, 0.25) is 0 Å². The van der Waals surface area contributed by atoms with Crippen molar-refractivity contribution >= 4 is 41.8 Å². The number of urea groups is 1. The molecule has 1 aromatic heterocycles. The van der Waals surface area contributed by atoms with Crippen molar-refractivity contribution in [3.63, 3.8) is 0 Å². The molecule has 0 bridgehead atoms. The van der Waals surface area contributed by atoms with Crippen molar-refractivity contribution in [3.05, 3.63) is 59.1 Å². The van der Waals surface area contributed by atoms with Gasteiger partial charge in [-0.3, -0.25) is 19.4 Å². The van der Waals surface area contributed by atoms with Gasteiger partial charge >= 0.3 is 6.03 Å². The maximum Gasteiger partial charge on any atom is 0.333 e. The highest BCUT2D eigenvalue weighted by atomic mass is 16.3. The van der Waals surface area contributed by atoms with Crippen molar-refractivity contribution in [2.24, 2.45) is 0 Å². The number of likely N-dealkylation sites (N-methyl/N-ethyl adjacent to an activating group) is 2. The van der Waals surface area contributed by atoms with Gasteiger partial charge in [0.1, 0.15) is 17.1 Å². The Bertz CT molecular complexity index is 987. The Kier molecular flexibility index (Phi) is 6.20. The third-order valence-corrected chi connectivity index (χ3v) is 5.04. The van der Waals surface area contributed by atoms with E-state index in [1.165, 1.54) is 25.9 Å². The summed E-state index contributed by atoms with van der Waals surface area (Å²) < 4.78 is 5.70. The first kappa shape index (κ1) is 21.1. The summed E-state index contributed by atoms with van der Waals surface area (Å²) in [5, 5.41) is 0. The fourth-order valence-corrected chi connectivity index (χ4v) is 3.22. The molecule has 2 aromatic rings. The summed E-state index contributed by atoms with van der Waals surface area (Å²) in [6, 6.07) is 11.0. The van der Waals surface area contributed by atoms with Crippen LogP contribution in [-0.4, -0.2) is 54.8 Å². The van der Waals surface area contributed by atoms with E-state index >= 15 is 0 Å². The number of benzene rings is 1. The number of carbonyl (C=O) groups excluding carboxylic acids is 3. The second kappa shape index (κ2) is 8.82. The van der Waals surface area contributed by atoms with E-state index < -0.39 is 17.8 Å². The van der Waals surface area contributed by atoms with Crippen LogP contribution in [0, 0.1) is 0 Å². The third kappa shape index (κ3) is 4.20. The number of hydrogen-bond donors (Lipinski definition) is 0. The first-order chi connectivity index (χ1) is 14.3. The van der Waals surface area contributed by atoms with Gasteiger partial charge in [-0.05, 0) is 55.8 Å². The quantitative estimate of drug-likeness (QED) is 0.539. The number of carbonyl (C=O) groups is 3. The van der Waals surface area contributed by atoms with Crippen molar-refractivity contribution in [2.75, 3.05) is 32.1 Å². The molecule has 1 aliphatic heterocycles. The SMILES string of the molecule is CCN(CC)c1ccc(/C=C/c2ccc(C=C3C(=O)N(C)C(=O)N(C)C3=O)o2)cc1. The maximum atomic E-state index is 12.3. The van der Waals surface area contributed by atoms with Crippen LogP contribution in [0.25, 0.3) is 18.2 Å². The standard InChI is InChI=1S/C23H25N3O4/c1-5-26(6-2)17-10-7-16(8-11-17)9-12-18-13-14-19(30-18)15-20-21(27)24(3)23(29)25(4)22(20)28/h7-15H,5-6H2,1-4H3/b12-9+. The van der Waals surface area contributed by atoms with E-state index in [0.717, 1.165) is 28.5 Å². The monoisotopic (exact) mass is 407 g/mol. The Labute approximate surface area is 175 Å². The van der Waals surface area contributed by atoms with E-state index in [4.69, 9.17) is 4.42 Å². The Hall–Kier alpha value is -3.61. The molecule has 0 aliphatic carbocycles. The minimum Gasteiger partial charge on any atom is -0.457 e. The van der Waals surface area contributed by atoms with Crippen LogP contribution in [0.3, 0.4) is 0 Å². The molecule has 4 amide bonds. The molecule has 0 atom stereocenters. The minimum atomic E-state index is -0.655. The number of anilines is 1. The molecule has 2 heterocycles. The van der Waals surface area contributed by atoms with Gasteiger partial charge < -0.3 is 9.32 Å². The van der Waals surface area contributed by atoms with Gasteiger partial charge in [0, 0.05) is 32.9 Å². The number of nitrogens with zero attached hydrogens (tertiary/aromatic N) is 3. The Morgan fingerprint density at radius 3 is 1.97 bits per heavy atom. The molecule has 0 spiro atoms. The molecule has 7 nitrogen and oxygen atoms in total. The molecule has 30 heavy (non-hydrogen) atoms. The first-order valence-corrected chi connectivity index (χ1v) is 9.80. The van der Waals surface area contributed by atoms with Crippen LogP contribution >= 0.6 is 0 Å². The van der Waals surface area contributed by atoms with E-state index in [0.29, 0.717) is 11.5 Å². The molecular formula is C23H25N3O4. The fraction of sp³-hybridized carbons (Fsp3) is 0.261. The van der Waals surface area contributed by atoms with Crippen LogP contribution in [-0.2, 0) is 9.59 Å². The van der Waals surface area contributed by atoms with Crippen molar-refractivity contribution in [2.45, 2.75) is 13.8 Å². The van der Waals surface area contributed by atoms with Gasteiger partial charge in [-0.25, -0.2) is 4.79 Å². The molecule has 7 heteroatoms.